The Morgan fingerprint density at radius 2 is 2.08 bits per heavy atom. The van der Waals surface area contributed by atoms with Crippen LogP contribution >= 0.6 is 0 Å². The summed E-state index contributed by atoms with van der Waals surface area (Å²) in [6, 6.07) is 0. The molecule has 0 saturated heterocycles. The molecule has 0 aliphatic carbocycles. The molecule has 0 spiro atoms. The van der Waals surface area contributed by atoms with E-state index < -0.39 is 12.1 Å². The zero-order valence-corrected chi connectivity index (χ0v) is 7.57. The summed E-state index contributed by atoms with van der Waals surface area (Å²) in [4.78, 5) is 21.1. The molecule has 70 valence electrons. The second kappa shape index (κ2) is 5.71. The highest BCUT2D eigenvalue weighted by molar-refractivity contribution is 5.90. The van der Waals surface area contributed by atoms with E-state index in [0.717, 1.165) is 0 Å². The summed E-state index contributed by atoms with van der Waals surface area (Å²) in [7, 11) is 1.22. The van der Waals surface area contributed by atoms with Gasteiger partial charge in [0, 0.05) is 0 Å². The molecule has 0 aromatic heterocycles. The van der Waals surface area contributed by atoms with Crippen LogP contribution in [0.4, 0.5) is 0 Å². The van der Waals surface area contributed by atoms with Crippen LogP contribution in [0.5, 0.6) is 0 Å². The van der Waals surface area contributed by atoms with Crippen LogP contribution in [0.2, 0.25) is 0 Å². The quantitative estimate of drug-likeness (QED) is 0.344. The molecular weight excluding hydrogens is 160 g/mol. The smallest absolute Gasteiger partial charge is 0.342 e. The molecule has 0 heterocycles. The Balaban J connectivity index is 3.83. The predicted molar refractivity (Wildman–Crippen MR) is 42.7 cm³/mol. The molecule has 0 rings (SSSR count). The lowest BCUT2D eigenvalue weighted by Gasteiger charge is -2.10. The zero-order chi connectivity index (χ0) is 9.56. The Morgan fingerprint density at radius 3 is 2.42 bits per heavy atom. The first kappa shape index (κ1) is 11.1. The number of hydrogen-bond donors (Lipinski definition) is 0. The highest BCUT2D eigenvalue weighted by Gasteiger charge is 2.18. The van der Waals surface area contributed by atoms with E-state index in [2.05, 4.69) is 4.74 Å². The third kappa shape index (κ3) is 4.08. The number of aldehydes is 1. The molecule has 0 amide bonds. The van der Waals surface area contributed by atoms with Gasteiger partial charge in [0.05, 0.1) is 13.7 Å². The van der Waals surface area contributed by atoms with Crippen LogP contribution in [0.15, 0.2) is 0 Å². The highest BCUT2D eigenvalue weighted by atomic mass is 16.6. The minimum atomic E-state index is -1.07. The summed E-state index contributed by atoms with van der Waals surface area (Å²) < 4.78 is 9.30. The van der Waals surface area contributed by atoms with Crippen molar-refractivity contribution >= 4 is 12.3 Å². The van der Waals surface area contributed by atoms with Crippen LogP contribution in [0.25, 0.3) is 0 Å². The van der Waals surface area contributed by atoms with Crippen LogP contribution in [-0.4, -0.2) is 32.1 Å². The van der Waals surface area contributed by atoms with Crippen molar-refractivity contribution in [1.29, 1.82) is 0 Å². The normalized spacial score (nSPS) is 12.7. The van der Waals surface area contributed by atoms with Gasteiger partial charge in [-0.1, -0.05) is 13.8 Å². The Labute approximate surface area is 71.8 Å². The standard InChI is InChI=1S/C8H14O4/c1-6(2)5-12-7(4-9)8(10)11-3/h4,6-7H,5H2,1-3H3. The van der Waals surface area contributed by atoms with Crippen molar-refractivity contribution in [2.45, 2.75) is 20.0 Å². The third-order valence-electron chi connectivity index (χ3n) is 1.17. The van der Waals surface area contributed by atoms with E-state index in [1.807, 2.05) is 13.8 Å². The van der Waals surface area contributed by atoms with Crippen LogP contribution < -0.4 is 0 Å². The molecule has 0 aliphatic rings. The maximum absolute atomic E-state index is 10.8. The van der Waals surface area contributed by atoms with Crippen molar-refractivity contribution in [1.82, 2.24) is 0 Å². The van der Waals surface area contributed by atoms with Gasteiger partial charge in [-0.3, -0.25) is 4.79 Å². The Kier molecular flexibility index (Phi) is 5.28. The average Bonchev–Trinajstić information content (AvgIpc) is 2.04. The summed E-state index contributed by atoms with van der Waals surface area (Å²) >= 11 is 0. The Bertz CT molecular complexity index is 153. The van der Waals surface area contributed by atoms with Crippen LogP contribution in [-0.2, 0) is 19.1 Å². The number of rotatable bonds is 5. The van der Waals surface area contributed by atoms with Crippen molar-refractivity contribution in [2.24, 2.45) is 5.92 Å². The molecule has 0 bridgehead atoms. The van der Waals surface area contributed by atoms with Crippen LogP contribution in [0.3, 0.4) is 0 Å². The van der Waals surface area contributed by atoms with E-state index >= 15 is 0 Å². The molecular formula is C8H14O4. The maximum Gasteiger partial charge on any atom is 0.342 e. The molecule has 0 aromatic rings. The van der Waals surface area contributed by atoms with E-state index in [4.69, 9.17) is 4.74 Å². The fourth-order valence-electron chi connectivity index (χ4n) is 0.575. The van der Waals surface area contributed by atoms with Crippen LogP contribution in [0, 0.1) is 5.92 Å². The topological polar surface area (TPSA) is 52.6 Å². The van der Waals surface area contributed by atoms with Gasteiger partial charge in [-0.05, 0) is 5.92 Å². The summed E-state index contributed by atoms with van der Waals surface area (Å²) in [6.45, 7) is 4.23. The molecule has 4 nitrogen and oxygen atoms in total. The number of ether oxygens (including phenoxy) is 2. The van der Waals surface area contributed by atoms with Gasteiger partial charge in [-0.2, -0.15) is 0 Å². The van der Waals surface area contributed by atoms with Gasteiger partial charge in [0.1, 0.15) is 0 Å². The van der Waals surface area contributed by atoms with E-state index in [-0.39, 0.29) is 5.92 Å². The molecule has 12 heavy (non-hydrogen) atoms. The lowest BCUT2D eigenvalue weighted by Crippen LogP contribution is -2.28. The predicted octanol–water partition coefficient (Wildman–Crippen LogP) is 0.399. The lowest BCUT2D eigenvalue weighted by atomic mass is 10.2. The van der Waals surface area contributed by atoms with Crippen molar-refractivity contribution in [2.75, 3.05) is 13.7 Å². The first-order chi connectivity index (χ1) is 5.61. The van der Waals surface area contributed by atoms with Gasteiger partial charge in [-0.15, -0.1) is 0 Å². The van der Waals surface area contributed by atoms with Gasteiger partial charge in [0.15, 0.2) is 6.29 Å². The SMILES string of the molecule is COC(=O)C(C=O)OCC(C)C. The largest absolute Gasteiger partial charge is 0.467 e. The van der Waals surface area contributed by atoms with E-state index in [1.54, 1.807) is 0 Å². The second-order valence-corrected chi connectivity index (χ2v) is 2.81. The summed E-state index contributed by atoms with van der Waals surface area (Å²) in [5, 5.41) is 0. The Hall–Kier alpha value is -0.900. The highest BCUT2D eigenvalue weighted by Crippen LogP contribution is 1.97. The van der Waals surface area contributed by atoms with E-state index in [9.17, 15) is 9.59 Å². The van der Waals surface area contributed by atoms with Crippen LogP contribution in [0.1, 0.15) is 13.8 Å². The first-order valence-corrected chi connectivity index (χ1v) is 3.76. The first-order valence-electron chi connectivity index (χ1n) is 3.76. The molecule has 1 atom stereocenters. The minimum Gasteiger partial charge on any atom is -0.467 e. The van der Waals surface area contributed by atoms with Crippen molar-refractivity contribution in [3.05, 3.63) is 0 Å². The monoisotopic (exact) mass is 174 g/mol. The summed E-state index contributed by atoms with van der Waals surface area (Å²) in [5.41, 5.74) is 0. The number of carbonyl (C=O) groups excluding carboxylic acids is 2. The fourth-order valence-corrected chi connectivity index (χ4v) is 0.575. The number of hydrogen-bond acceptors (Lipinski definition) is 4. The van der Waals surface area contributed by atoms with Crippen molar-refractivity contribution < 1.29 is 19.1 Å². The van der Waals surface area contributed by atoms with E-state index in [1.165, 1.54) is 7.11 Å². The van der Waals surface area contributed by atoms with Crippen molar-refractivity contribution in [3.8, 4) is 0 Å². The number of carbonyl (C=O) groups is 2. The second-order valence-electron chi connectivity index (χ2n) is 2.81. The molecule has 4 heteroatoms. The molecule has 0 fully saturated rings. The number of methoxy groups -OCH3 is 1. The summed E-state index contributed by atoms with van der Waals surface area (Å²) in [5.74, 6) is -0.359. The van der Waals surface area contributed by atoms with Gasteiger partial charge in [0.25, 0.3) is 0 Å². The van der Waals surface area contributed by atoms with Gasteiger partial charge in [0.2, 0.25) is 6.10 Å². The van der Waals surface area contributed by atoms with Gasteiger partial charge in [-0.25, -0.2) is 4.79 Å². The molecule has 0 radical (unpaired) electrons. The Morgan fingerprint density at radius 1 is 1.50 bits per heavy atom. The fraction of sp³-hybridized carbons (Fsp3) is 0.750. The number of esters is 1. The molecule has 1 unspecified atom stereocenters. The summed E-state index contributed by atoms with van der Waals surface area (Å²) in [6.07, 6.45) is -0.633. The third-order valence-corrected chi connectivity index (χ3v) is 1.17. The average molecular weight is 174 g/mol. The minimum absolute atomic E-state index is 0.289. The molecule has 0 N–H and O–H groups in total. The molecule has 0 aromatic carbocycles. The van der Waals surface area contributed by atoms with Gasteiger partial charge >= 0.3 is 5.97 Å². The lowest BCUT2D eigenvalue weighted by molar-refractivity contribution is -0.156. The van der Waals surface area contributed by atoms with Crippen molar-refractivity contribution in [3.63, 3.8) is 0 Å². The maximum atomic E-state index is 10.8. The molecule has 0 aliphatic heterocycles. The van der Waals surface area contributed by atoms with Gasteiger partial charge < -0.3 is 9.47 Å². The van der Waals surface area contributed by atoms with E-state index in [0.29, 0.717) is 12.9 Å². The molecule has 0 saturated carbocycles. The zero-order valence-electron chi connectivity index (χ0n) is 7.57.